The highest BCUT2D eigenvalue weighted by Crippen LogP contribution is 2.16. The maximum Gasteiger partial charge on any atom is 0.262 e. The van der Waals surface area contributed by atoms with E-state index < -0.39 is 0 Å². The fourth-order valence-corrected chi connectivity index (χ4v) is 1.80. The summed E-state index contributed by atoms with van der Waals surface area (Å²) in [6, 6.07) is 9.42. The summed E-state index contributed by atoms with van der Waals surface area (Å²) in [5.41, 5.74) is 2.89. The highest BCUT2D eigenvalue weighted by molar-refractivity contribution is 5.91. The monoisotopic (exact) mass is 256 g/mol. The van der Waals surface area contributed by atoms with E-state index in [0.29, 0.717) is 11.4 Å². The number of benzene rings is 1. The molecule has 1 N–H and O–H groups in total. The number of pyridine rings is 1. The lowest BCUT2D eigenvalue weighted by atomic mass is 10.1. The van der Waals surface area contributed by atoms with Crippen LogP contribution in [0, 0.1) is 13.8 Å². The van der Waals surface area contributed by atoms with Crippen molar-refractivity contribution in [1.82, 2.24) is 4.98 Å². The summed E-state index contributed by atoms with van der Waals surface area (Å²) in [6.07, 6.45) is 3.25. The molecule has 2 rings (SSSR count). The van der Waals surface area contributed by atoms with Gasteiger partial charge in [0.25, 0.3) is 5.91 Å². The average Bonchev–Trinajstić information content (AvgIpc) is 2.36. The Kier molecular flexibility index (Phi) is 4.13. The van der Waals surface area contributed by atoms with Crippen LogP contribution in [0.25, 0.3) is 0 Å². The molecule has 1 amide bonds. The van der Waals surface area contributed by atoms with E-state index in [4.69, 9.17) is 4.74 Å². The topological polar surface area (TPSA) is 51.2 Å². The van der Waals surface area contributed by atoms with Gasteiger partial charge in [0, 0.05) is 6.20 Å². The minimum absolute atomic E-state index is 0.0161. The average molecular weight is 256 g/mol. The molecule has 0 spiro atoms. The molecular formula is C15H16N2O2. The summed E-state index contributed by atoms with van der Waals surface area (Å²) in [6.45, 7) is 3.98. The number of rotatable bonds is 4. The van der Waals surface area contributed by atoms with Crippen molar-refractivity contribution in [2.45, 2.75) is 13.8 Å². The molecule has 98 valence electrons. The number of hydrogen-bond donors (Lipinski definition) is 1. The molecule has 0 aliphatic carbocycles. The lowest BCUT2D eigenvalue weighted by molar-refractivity contribution is -0.118. The maximum atomic E-state index is 11.7. The lowest BCUT2D eigenvalue weighted by Crippen LogP contribution is -2.20. The van der Waals surface area contributed by atoms with Crippen LogP contribution in [0.4, 0.5) is 5.69 Å². The Balaban J connectivity index is 1.90. The van der Waals surface area contributed by atoms with Gasteiger partial charge in [-0.1, -0.05) is 6.07 Å². The number of nitrogens with zero attached hydrogens (tertiary/aromatic N) is 1. The fourth-order valence-electron chi connectivity index (χ4n) is 1.80. The summed E-state index contributed by atoms with van der Waals surface area (Å²) in [7, 11) is 0. The number of aryl methyl sites for hydroxylation is 2. The zero-order valence-electron chi connectivity index (χ0n) is 11.0. The Hall–Kier alpha value is -2.36. The molecular weight excluding hydrogens is 240 g/mol. The van der Waals surface area contributed by atoms with Gasteiger partial charge in [0.15, 0.2) is 6.61 Å². The molecule has 0 aliphatic heterocycles. The standard InChI is InChI=1S/C15H16N2O2/c1-11-6-12(2)8-14(7-11)19-10-15(18)17-13-4-3-5-16-9-13/h3-9H,10H2,1-2H3,(H,17,18). The first-order valence-corrected chi connectivity index (χ1v) is 6.04. The first kappa shape index (κ1) is 13.1. The van der Waals surface area contributed by atoms with Crippen molar-refractivity contribution in [3.8, 4) is 5.75 Å². The summed E-state index contributed by atoms with van der Waals surface area (Å²) in [5.74, 6) is 0.506. The molecule has 4 nitrogen and oxygen atoms in total. The van der Waals surface area contributed by atoms with Crippen LogP contribution in [-0.4, -0.2) is 17.5 Å². The summed E-state index contributed by atoms with van der Waals surface area (Å²) in [4.78, 5) is 15.6. The van der Waals surface area contributed by atoms with Gasteiger partial charge >= 0.3 is 0 Å². The van der Waals surface area contributed by atoms with Crippen LogP contribution in [0.5, 0.6) is 5.75 Å². The minimum atomic E-state index is -0.202. The van der Waals surface area contributed by atoms with E-state index in [2.05, 4.69) is 16.4 Å². The minimum Gasteiger partial charge on any atom is -0.484 e. The van der Waals surface area contributed by atoms with Gasteiger partial charge in [0.05, 0.1) is 11.9 Å². The molecule has 0 aliphatic rings. The maximum absolute atomic E-state index is 11.7. The van der Waals surface area contributed by atoms with E-state index in [1.165, 1.54) is 0 Å². The fraction of sp³-hybridized carbons (Fsp3) is 0.200. The summed E-state index contributed by atoms with van der Waals surface area (Å²) >= 11 is 0. The molecule has 0 saturated carbocycles. The number of carbonyl (C=O) groups is 1. The van der Waals surface area contributed by atoms with Crippen molar-refractivity contribution < 1.29 is 9.53 Å². The van der Waals surface area contributed by atoms with E-state index in [-0.39, 0.29) is 12.5 Å². The second kappa shape index (κ2) is 6.00. The Bertz CT molecular complexity index is 547. The third-order valence-corrected chi connectivity index (χ3v) is 2.51. The highest BCUT2D eigenvalue weighted by atomic mass is 16.5. The van der Waals surface area contributed by atoms with Gasteiger partial charge in [-0.05, 0) is 49.2 Å². The number of aromatic nitrogens is 1. The van der Waals surface area contributed by atoms with Crippen molar-refractivity contribution in [2.75, 3.05) is 11.9 Å². The second-order valence-electron chi connectivity index (χ2n) is 4.40. The van der Waals surface area contributed by atoms with Crippen LogP contribution in [0.2, 0.25) is 0 Å². The van der Waals surface area contributed by atoms with Gasteiger partial charge in [-0.3, -0.25) is 9.78 Å². The van der Waals surface area contributed by atoms with Gasteiger partial charge in [0.1, 0.15) is 5.75 Å². The molecule has 0 saturated heterocycles. The zero-order valence-corrected chi connectivity index (χ0v) is 11.0. The molecule has 0 unspecified atom stereocenters. The van der Waals surface area contributed by atoms with Crippen molar-refractivity contribution in [3.63, 3.8) is 0 Å². The van der Waals surface area contributed by atoms with Crippen LogP contribution in [0.1, 0.15) is 11.1 Å². The van der Waals surface area contributed by atoms with Crippen molar-refractivity contribution >= 4 is 11.6 Å². The first-order valence-electron chi connectivity index (χ1n) is 6.04. The molecule has 4 heteroatoms. The van der Waals surface area contributed by atoms with Crippen LogP contribution in [0.15, 0.2) is 42.7 Å². The number of carbonyl (C=O) groups excluding carboxylic acids is 1. The van der Waals surface area contributed by atoms with E-state index >= 15 is 0 Å². The van der Waals surface area contributed by atoms with Crippen molar-refractivity contribution in [2.24, 2.45) is 0 Å². The number of amides is 1. The van der Waals surface area contributed by atoms with Crippen LogP contribution in [-0.2, 0) is 4.79 Å². The zero-order chi connectivity index (χ0) is 13.7. The van der Waals surface area contributed by atoms with Gasteiger partial charge in [-0.15, -0.1) is 0 Å². The smallest absolute Gasteiger partial charge is 0.262 e. The van der Waals surface area contributed by atoms with E-state index in [1.807, 2.05) is 26.0 Å². The van der Waals surface area contributed by atoms with Crippen LogP contribution >= 0.6 is 0 Å². The predicted molar refractivity (Wildman–Crippen MR) is 74.3 cm³/mol. The third kappa shape index (κ3) is 4.10. The Morgan fingerprint density at radius 3 is 2.63 bits per heavy atom. The molecule has 1 heterocycles. The van der Waals surface area contributed by atoms with Crippen molar-refractivity contribution in [1.29, 1.82) is 0 Å². The quantitative estimate of drug-likeness (QED) is 0.915. The molecule has 0 radical (unpaired) electrons. The molecule has 0 fully saturated rings. The van der Waals surface area contributed by atoms with Crippen molar-refractivity contribution in [3.05, 3.63) is 53.9 Å². The molecule has 1 aromatic heterocycles. The van der Waals surface area contributed by atoms with E-state index in [0.717, 1.165) is 11.1 Å². The second-order valence-corrected chi connectivity index (χ2v) is 4.40. The SMILES string of the molecule is Cc1cc(C)cc(OCC(=O)Nc2cccnc2)c1. The largest absolute Gasteiger partial charge is 0.484 e. The number of hydrogen-bond acceptors (Lipinski definition) is 3. The molecule has 1 aromatic carbocycles. The van der Waals surface area contributed by atoms with Gasteiger partial charge in [-0.2, -0.15) is 0 Å². The normalized spacial score (nSPS) is 10.0. The van der Waals surface area contributed by atoms with E-state index in [1.54, 1.807) is 24.5 Å². The summed E-state index contributed by atoms with van der Waals surface area (Å²) in [5, 5.41) is 2.71. The number of ether oxygens (including phenoxy) is 1. The predicted octanol–water partition coefficient (Wildman–Crippen LogP) is 2.72. The highest BCUT2D eigenvalue weighted by Gasteiger charge is 2.04. The van der Waals surface area contributed by atoms with Gasteiger partial charge in [0.2, 0.25) is 0 Å². The molecule has 0 atom stereocenters. The Morgan fingerprint density at radius 2 is 2.00 bits per heavy atom. The third-order valence-electron chi connectivity index (χ3n) is 2.51. The molecule has 2 aromatic rings. The van der Waals surface area contributed by atoms with Gasteiger partial charge in [-0.25, -0.2) is 0 Å². The van der Waals surface area contributed by atoms with Crippen LogP contribution < -0.4 is 10.1 Å². The Morgan fingerprint density at radius 1 is 1.26 bits per heavy atom. The Labute approximate surface area is 112 Å². The number of anilines is 1. The summed E-state index contributed by atoms with van der Waals surface area (Å²) < 4.78 is 5.47. The molecule has 19 heavy (non-hydrogen) atoms. The first-order chi connectivity index (χ1) is 9.13. The van der Waals surface area contributed by atoms with Gasteiger partial charge < -0.3 is 10.1 Å². The van der Waals surface area contributed by atoms with E-state index in [9.17, 15) is 4.79 Å². The number of nitrogens with one attached hydrogen (secondary N) is 1. The van der Waals surface area contributed by atoms with Crippen LogP contribution in [0.3, 0.4) is 0 Å². The molecule has 0 bridgehead atoms. The lowest BCUT2D eigenvalue weighted by Gasteiger charge is -2.08.